The summed E-state index contributed by atoms with van der Waals surface area (Å²) in [5.74, 6) is -0.361. The molecular weight excluding hydrogens is 360 g/mol. The summed E-state index contributed by atoms with van der Waals surface area (Å²) in [6.07, 6.45) is 1.45. The van der Waals surface area contributed by atoms with Crippen molar-refractivity contribution in [3.63, 3.8) is 0 Å². The van der Waals surface area contributed by atoms with Crippen molar-refractivity contribution < 1.29 is 9.72 Å². The molecule has 0 unspecified atom stereocenters. The minimum absolute atomic E-state index is 0.0346. The maximum Gasteiger partial charge on any atom is 0.272 e. The van der Waals surface area contributed by atoms with Gasteiger partial charge >= 0.3 is 0 Å². The van der Waals surface area contributed by atoms with Crippen LogP contribution >= 0.6 is 0 Å². The number of hydrogen-bond donors (Lipinski definition) is 1. The second-order valence-corrected chi connectivity index (χ2v) is 6.19. The summed E-state index contributed by atoms with van der Waals surface area (Å²) in [6, 6.07) is 15.0. The topological polar surface area (TPSA) is 107 Å². The van der Waals surface area contributed by atoms with E-state index in [1.807, 2.05) is 30.3 Å². The first-order valence-corrected chi connectivity index (χ1v) is 8.61. The molecule has 0 aliphatic carbocycles. The molecule has 142 valence electrons. The van der Waals surface area contributed by atoms with Crippen LogP contribution < -0.4 is 10.9 Å². The quantitative estimate of drug-likeness (QED) is 0.524. The lowest BCUT2D eigenvalue weighted by molar-refractivity contribution is -0.385. The van der Waals surface area contributed by atoms with Crippen LogP contribution in [-0.4, -0.2) is 26.9 Å². The summed E-state index contributed by atoms with van der Waals surface area (Å²) in [7, 11) is 0. The van der Waals surface area contributed by atoms with Crippen molar-refractivity contribution in [2.24, 2.45) is 0 Å². The van der Waals surface area contributed by atoms with Gasteiger partial charge < -0.3 is 5.32 Å². The van der Waals surface area contributed by atoms with Gasteiger partial charge in [-0.15, -0.1) is 0 Å². The number of aromatic nitrogens is 2. The second kappa shape index (κ2) is 8.26. The lowest BCUT2D eigenvalue weighted by Crippen LogP contribution is -2.30. The van der Waals surface area contributed by atoms with Crippen LogP contribution in [-0.2, 0) is 6.54 Å². The molecule has 8 nitrogen and oxygen atoms in total. The zero-order chi connectivity index (χ0) is 20.1. The Balaban J connectivity index is 1.62. The number of nitrogens with zero attached hydrogens (tertiary/aromatic N) is 3. The maximum atomic E-state index is 12.3. The predicted molar refractivity (Wildman–Crippen MR) is 104 cm³/mol. The Morgan fingerprint density at radius 3 is 2.57 bits per heavy atom. The molecule has 0 saturated heterocycles. The van der Waals surface area contributed by atoms with E-state index in [1.54, 1.807) is 6.92 Å². The van der Waals surface area contributed by atoms with E-state index in [4.69, 9.17) is 0 Å². The van der Waals surface area contributed by atoms with E-state index in [0.717, 1.165) is 5.56 Å². The Morgan fingerprint density at radius 2 is 1.93 bits per heavy atom. The van der Waals surface area contributed by atoms with Gasteiger partial charge in [0.25, 0.3) is 17.2 Å². The number of carbonyl (C=O) groups excluding carboxylic acids is 1. The summed E-state index contributed by atoms with van der Waals surface area (Å²) in [5.41, 5.74) is 1.94. The van der Waals surface area contributed by atoms with E-state index in [-0.39, 0.29) is 30.2 Å². The van der Waals surface area contributed by atoms with E-state index < -0.39 is 4.92 Å². The molecule has 0 atom stereocenters. The molecule has 0 fully saturated rings. The lowest BCUT2D eigenvalue weighted by atomic mass is 10.1. The number of nitro benzene ring substituents is 1. The Bertz CT molecular complexity index is 1080. The third kappa shape index (κ3) is 4.29. The first-order chi connectivity index (χ1) is 13.5. The summed E-state index contributed by atoms with van der Waals surface area (Å²) in [5, 5.41) is 13.5. The molecule has 0 bridgehead atoms. The molecule has 0 spiro atoms. The summed E-state index contributed by atoms with van der Waals surface area (Å²) in [6.45, 7) is 2.06. The highest BCUT2D eigenvalue weighted by molar-refractivity contribution is 5.94. The highest BCUT2D eigenvalue weighted by atomic mass is 16.6. The molecule has 28 heavy (non-hydrogen) atoms. The van der Waals surface area contributed by atoms with Gasteiger partial charge in [0.05, 0.1) is 16.9 Å². The molecule has 0 radical (unpaired) electrons. The molecule has 3 aromatic rings. The third-order valence-corrected chi connectivity index (χ3v) is 4.24. The molecule has 3 rings (SSSR count). The van der Waals surface area contributed by atoms with E-state index in [0.29, 0.717) is 16.8 Å². The number of hydrogen-bond acceptors (Lipinski definition) is 5. The smallest absolute Gasteiger partial charge is 0.272 e. The zero-order valence-electron chi connectivity index (χ0n) is 15.2. The van der Waals surface area contributed by atoms with Gasteiger partial charge in [0, 0.05) is 41.9 Å². The fourth-order valence-electron chi connectivity index (χ4n) is 2.75. The Hall–Kier alpha value is -3.81. The molecule has 0 aliphatic heterocycles. The van der Waals surface area contributed by atoms with E-state index in [1.165, 1.54) is 35.2 Å². The Kier molecular flexibility index (Phi) is 5.59. The summed E-state index contributed by atoms with van der Waals surface area (Å²) >= 11 is 0. The number of aryl methyl sites for hydroxylation is 1. The molecular formula is C20H18N4O4. The van der Waals surface area contributed by atoms with Crippen molar-refractivity contribution in [2.75, 3.05) is 6.54 Å². The largest absolute Gasteiger partial charge is 0.350 e. The van der Waals surface area contributed by atoms with Gasteiger partial charge in [-0.3, -0.25) is 24.3 Å². The maximum absolute atomic E-state index is 12.3. The van der Waals surface area contributed by atoms with Crippen molar-refractivity contribution in [1.29, 1.82) is 0 Å². The molecule has 8 heteroatoms. The van der Waals surface area contributed by atoms with Crippen LogP contribution in [0.2, 0.25) is 0 Å². The first-order valence-electron chi connectivity index (χ1n) is 8.61. The van der Waals surface area contributed by atoms with Crippen molar-refractivity contribution in [3.05, 3.63) is 92.5 Å². The number of carbonyl (C=O) groups is 1. The van der Waals surface area contributed by atoms with Crippen LogP contribution in [0, 0.1) is 17.0 Å². The Labute approximate surface area is 160 Å². The van der Waals surface area contributed by atoms with E-state index >= 15 is 0 Å². The van der Waals surface area contributed by atoms with Gasteiger partial charge in [-0.05, 0) is 19.1 Å². The molecule has 1 aromatic heterocycles. The van der Waals surface area contributed by atoms with E-state index in [2.05, 4.69) is 10.3 Å². The van der Waals surface area contributed by atoms with Gasteiger partial charge in [-0.25, -0.2) is 4.98 Å². The van der Waals surface area contributed by atoms with Crippen LogP contribution in [0.15, 0.2) is 65.7 Å². The third-order valence-electron chi connectivity index (χ3n) is 4.24. The molecule has 1 amide bonds. The molecule has 1 heterocycles. The van der Waals surface area contributed by atoms with E-state index in [9.17, 15) is 19.7 Å². The van der Waals surface area contributed by atoms with Crippen molar-refractivity contribution in [2.45, 2.75) is 13.5 Å². The minimum Gasteiger partial charge on any atom is -0.350 e. The first kappa shape index (κ1) is 19.0. The average molecular weight is 378 g/mol. The van der Waals surface area contributed by atoms with Gasteiger partial charge in [0.1, 0.15) is 0 Å². The normalized spacial score (nSPS) is 10.5. The number of amides is 1. The molecule has 2 aromatic carbocycles. The molecule has 0 saturated carbocycles. The fourth-order valence-corrected chi connectivity index (χ4v) is 2.75. The van der Waals surface area contributed by atoms with Gasteiger partial charge in [0.15, 0.2) is 0 Å². The van der Waals surface area contributed by atoms with Crippen LogP contribution in [0.25, 0.3) is 11.3 Å². The predicted octanol–water partition coefficient (Wildman–Crippen LogP) is 2.56. The van der Waals surface area contributed by atoms with Crippen LogP contribution in [0.1, 0.15) is 15.9 Å². The summed E-state index contributed by atoms with van der Waals surface area (Å²) in [4.78, 5) is 39.1. The van der Waals surface area contributed by atoms with Gasteiger partial charge in [-0.2, -0.15) is 0 Å². The van der Waals surface area contributed by atoms with Crippen molar-refractivity contribution in [1.82, 2.24) is 14.9 Å². The van der Waals surface area contributed by atoms with Crippen LogP contribution in [0.5, 0.6) is 0 Å². The fraction of sp³-hybridized carbons (Fsp3) is 0.150. The van der Waals surface area contributed by atoms with Crippen LogP contribution in [0.4, 0.5) is 5.69 Å². The number of rotatable bonds is 6. The number of nitrogens with one attached hydrogen (secondary N) is 1. The standard InChI is InChI=1S/C20H18N4O4/c1-14-11-16(7-8-18(14)24(27)28)20(26)21-9-10-23-13-22-17(12-19(23)25)15-5-3-2-4-6-15/h2-8,11-13H,9-10H2,1H3,(H,21,26). The lowest BCUT2D eigenvalue weighted by Gasteiger charge is -2.09. The SMILES string of the molecule is Cc1cc(C(=O)NCCn2cnc(-c3ccccc3)cc2=O)ccc1[N+](=O)[O-]. The van der Waals surface area contributed by atoms with Gasteiger partial charge in [-0.1, -0.05) is 30.3 Å². The minimum atomic E-state index is -0.491. The summed E-state index contributed by atoms with van der Waals surface area (Å²) < 4.78 is 1.41. The second-order valence-electron chi connectivity index (χ2n) is 6.19. The monoisotopic (exact) mass is 378 g/mol. The van der Waals surface area contributed by atoms with Crippen molar-refractivity contribution in [3.8, 4) is 11.3 Å². The molecule has 0 aliphatic rings. The Morgan fingerprint density at radius 1 is 1.18 bits per heavy atom. The zero-order valence-corrected chi connectivity index (χ0v) is 15.2. The average Bonchev–Trinajstić information content (AvgIpc) is 2.69. The van der Waals surface area contributed by atoms with Gasteiger partial charge in [0.2, 0.25) is 0 Å². The highest BCUT2D eigenvalue weighted by Crippen LogP contribution is 2.18. The molecule has 1 N–H and O–H groups in total. The van der Waals surface area contributed by atoms with Crippen LogP contribution in [0.3, 0.4) is 0 Å². The highest BCUT2D eigenvalue weighted by Gasteiger charge is 2.13. The number of nitro groups is 1. The van der Waals surface area contributed by atoms with Crippen molar-refractivity contribution >= 4 is 11.6 Å². The number of benzene rings is 2.